The first-order chi connectivity index (χ1) is 11.9. The Balaban J connectivity index is 1.67. The molecule has 2 aromatic rings. The Morgan fingerprint density at radius 2 is 2.04 bits per heavy atom. The molecular weight excluding hydrogens is 324 g/mol. The zero-order valence-corrected chi connectivity index (χ0v) is 14.8. The van der Waals surface area contributed by atoms with E-state index in [1.807, 2.05) is 13.8 Å². The molecule has 0 radical (unpaired) electrons. The Hall–Kier alpha value is -1.81. The Morgan fingerprint density at radius 1 is 1.28 bits per heavy atom. The molecule has 2 aliphatic heterocycles. The van der Waals surface area contributed by atoms with E-state index in [9.17, 15) is 0 Å². The third-order valence-electron chi connectivity index (χ3n) is 4.53. The van der Waals surface area contributed by atoms with Gasteiger partial charge in [0.15, 0.2) is 17.3 Å². The number of imidazole rings is 1. The highest BCUT2D eigenvalue weighted by Crippen LogP contribution is 2.45. The van der Waals surface area contributed by atoms with E-state index in [1.54, 1.807) is 10.7 Å². The predicted octanol–water partition coefficient (Wildman–Crippen LogP) is 0.665. The van der Waals surface area contributed by atoms with E-state index in [0.29, 0.717) is 24.1 Å². The molecule has 0 aliphatic carbocycles. The molecule has 2 saturated heterocycles. The largest absolute Gasteiger partial charge is 0.381 e. The van der Waals surface area contributed by atoms with Gasteiger partial charge >= 0.3 is 0 Å². The van der Waals surface area contributed by atoms with Crippen molar-refractivity contribution in [2.75, 3.05) is 12.3 Å². The highest BCUT2D eigenvalue weighted by molar-refractivity contribution is 5.58. The number of nitrogens with one attached hydrogen (secondary N) is 1. The summed E-state index contributed by atoms with van der Waals surface area (Å²) in [5, 5.41) is 7.68. The Kier molecular flexibility index (Phi) is 3.91. The maximum atomic E-state index is 6.29. The Labute approximate surface area is 145 Å². The first-order valence-corrected chi connectivity index (χ1v) is 8.54. The summed E-state index contributed by atoms with van der Waals surface area (Å²) in [6.45, 7) is 8.73. The molecule has 0 unspecified atom stereocenters. The minimum atomic E-state index is -0.651. The molecule has 25 heavy (non-hydrogen) atoms. The molecule has 0 bridgehead atoms. The van der Waals surface area contributed by atoms with Gasteiger partial charge < -0.3 is 25.3 Å². The lowest BCUT2D eigenvalue weighted by atomic mass is 10.1. The van der Waals surface area contributed by atoms with E-state index in [-0.39, 0.29) is 24.4 Å². The number of hydrogen-bond acceptors (Lipinski definition) is 8. The zero-order valence-electron chi connectivity index (χ0n) is 14.8. The normalized spacial score (nSPS) is 31.1. The van der Waals surface area contributed by atoms with Crippen molar-refractivity contribution in [1.29, 1.82) is 0 Å². The summed E-state index contributed by atoms with van der Waals surface area (Å²) < 4.78 is 20.2. The number of nitrogens with two attached hydrogens (primary N) is 1. The molecule has 0 aromatic carbocycles. The highest BCUT2D eigenvalue weighted by atomic mass is 16.8. The molecule has 4 atom stereocenters. The van der Waals surface area contributed by atoms with E-state index >= 15 is 0 Å². The molecule has 3 N–H and O–H groups in total. The number of nitrogens with zero attached hydrogens (tertiary/aromatic N) is 4. The Bertz CT molecular complexity index is 776. The van der Waals surface area contributed by atoms with Crippen molar-refractivity contribution in [3.05, 3.63) is 18.2 Å². The summed E-state index contributed by atoms with van der Waals surface area (Å²) in [5.74, 6) is -0.320. The number of anilines is 1. The van der Waals surface area contributed by atoms with Crippen molar-refractivity contribution >= 4 is 11.5 Å². The van der Waals surface area contributed by atoms with Crippen molar-refractivity contribution < 1.29 is 14.2 Å². The van der Waals surface area contributed by atoms with Crippen molar-refractivity contribution in [3.8, 4) is 0 Å². The average Bonchev–Trinajstić information content (AvgIpc) is 3.17. The number of fused-ring (bicyclic) bond motifs is 2. The zero-order chi connectivity index (χ0) is 17.8. The van der Waals surface area contributed by atoms with Gasteiger partial charge in [0.25, 0.3) is 0 Å². The van der Waals surface area contributed by atoms with Crippen LogP contribution < -0.4 is 11.1 Å². The molecule has 0 amide bonds. The van der Waals surface area contributed by atoms with Crippen LogP contribution in [0.15, 0.2) is 12.5 Å². The minimum Gasteiger partial charge on any atom is -0.381 e. The van der Waals surface area contributed by atoms with Gasteiger partial charge in [0.2, 0.25) is 0 Å². The third-order valence-corrected chi connectivity index (χ3v) is 4.53. The first kappa shape index (κ1) is 16.6. The predicted molar refractivity (Wildman–Crippen MR) is 89.8 cm³/mol. The summed E-state index contributed by atoms with van der Waals surface area (Å²) in [5.41, 5.74) is 7.18. The van der Waals surface area contributed by atoms with Crippen LogP contribution in [0.1, 0.15) is 39.5 Å². The van der Waals surface area contributed by atoms with Crippen molar-refractivity contribution in [1.82, 2.24) is 24.9 Å². The number of hydrogen-bond donors (Lipinski definition) is 2. The van der Waals surface area contributed by atoms with Gasteiger partial charge in [-0.1, -0.05) is 13.8 Å². The van der Waals surface area contributed by atoms with Crippen LogP contribution in [0.3, 0.4) is 0 Å². The summed E-state index contributed by atoms with van der Waals surface area (Å²) in [4.78, 5) is 8.31. The van der Waals surface area contributed by atoms with Gasteiger partial charge in [-0.05, 0) is 13.8 Å². The molecule has 0 saturated carbocycles. The lowest BCUT2D eigenvalue weighted by molar-refractivity contribution is -0.187. The van der Waals surface area contributed by atoms with Crippen LogP contribution in [0.25, 0.3) is 5.65 Å². The second-order valence-electron chi connectivity index (χ2n) is 7.29. The smallest absolute Gasteiger partial charge is 0.196 e. The summed E-state index contributed by atoms with van der Waals surface area (Å²) in [6, 6.07) is 0.361. The number of ether oxygens (including phenoxy) is 3. The molecular formula is C16H24N6O3. The fraction of sp³-hybridized carbons (Fsp3) is 0.688. The molecule has 2 fully saturated rings. The molecule has 136 valence electrons. The van der Waals surface area contributed by atoms with Gasteiger partial charge in [-0.15, -0.1) is 0 Å². The highest BCUT2D eigenvalue weighted by Gasteiger charge is 2.56. The van der Waals surface area contributed by atoms with Gasteiger partial charge in [0.1, 0.15) is 24.6 Å². The van der Waals surface area contributed by atoms with E-state index in [2.05, 4.69) is 34.2 Å². The fourth-order valence-electron chi connectivity index (χ4n) is 3.48. The average molecular weight is 348 g/mol. The second-order valence-corrected chi connectivity index (χ2v) is 7.29. The van der Waals surface area contributed by atoms with E-state index < -0.39 is 5.79 Å². The SMILES string of the molecule is CC(C)NC[C@H]1O[C@@H](c2cnc3c(N)ncnn23)[C@@H]2OC(C)(C)O[C@@H]21. The molecule has 4 rings (SSSR count). The number of aromatic nitrogens is 4. The lowest BCUT2D eigenvalue weighted by Crippen LogP contribution is -2.39. The van der Waals surface area contributed by atoms with Crippen molar-refractivity contribution in [2.24, 2.45) is 0 Å². The van der Waals surface area contributed by atoms with E-state index in [4.69, 9.17) is 19.9 Å². The fourth-order valence-corrected chi connectivity index (χ4v) is 3.48. The van der Waals surface area contributed by atoms with Crippen LogP contribution >= 0.6 is 0 Å². The maximum Gasteiger partial charge on any atom is 0.196 e. The monoisotopic (exact) mass is 348 g/mol. The summed E-state index contributed by atoms with van der Waals surface area (Å²) in [7, 11) is 0. The number of rotatable bonds is 4. The van der Waals surface area contributed by atoms with Crippen LogP contribution in [0, 0.1) is 0 Å². The van der Waals surface area contributed by atoms with Gasteiger partial charge in [-0.3, -0.25) is 0 Å². The number of nitrogen functional groups attached to an aromatic ring is 1. The maximum absolute atomic E-state index is 6.29. The topological polar surface area (TPSA) is 109 Å². The van der Waals surface area contributed by atoms with Crippen molar-refractivity contribution in [3.63, 3.8) is 0 Å². The van der Waals surface area contributed by atoms with Crippen LogP contribution in [0.2, 0.25) is 0 Å². The molecule has 9 heteroatoms. The van der Waals surface area contributed by atoms with Gasteiger partial charge in [-0.2, -0.15) is 5.10 Å². The lowest BCUT2D eigenvalue weighted by Gasteiger charge is -2.24. The van der Waals surface area contributed by atoms with E-state index in [1.165, 1.54) is 6.33 Å². The van der Waals surface area contributed by atoms with Gasteiger partial charge in [-0.25, -0.2) is 14.5 Å². The van der Waals surface area contributed by atoms with Crippen LogP contribution in [-0.2, 0) is 14.2 Å². The third kappa shape index (κ3) is 2.86. The molecule has 9 nitrogen and oxygen atoms in total. The van der Waals surface area contributed by atoms with Crippen LogP contribution in [0.5, 0.6) is 0 Å². The second kappa shape index (κ2) is 5.87. The van der Waals surface area contributed by atoms with Crippen LogP contribution in [-0.4, -0.2) is 56.3 Å². The summed E-state index contributed by atoms with van der Waals surface area (Å²) in [6.07, 6.45) is 2.28. The quantitative estimate of drug-likeness (QED) is 0.830. The molecule has 4 heterocycles. The molecule has 0 spiro atoms. The van der Waals surface area contributed by atoms with E-state index in [0.717, 1.165) is 5.69 Å². The Morgan fingerprint density at radius 3 is 2.80 bits per heavy atom. The van der Waals surface area contributed by atoms with Crippen molar-refractivity contribution in [2.45, 2.75) is 63.9 Å². The first-order valence-electron chi connectivity index (χ1n) is 8.54. The molecule has 2 aromatic heterocycles. The standard InChI is InChI=1S/C16H24N6O3/c1-8(2)18-6-10-12-13(25-16(3,4)24-12)11(23-10)9-5-19-15-14(17)20-7-21-22(9)15/h5,7-8,10-13,18H,6H2,1-4H3,(H2,17,20,21)/t10-,11+,12-,13+/m1/s1. The molecule has 2 aliphatic rings. The minimum absolute atomic E-state index is 0.121. The summed E-state index contributed by atoms with van der Waals surface area (Å²) >= 11 is 0. The van der Waals surface area contributed by atoms with Gasteiger partial charge in [0.05, 0.1) is 18.0 Å². The van der Waals surface area contributed by atoms with Crippen LogP contribution in [0.4, 0.5) is 5.82 Å². The van der Waals surface area contributed by atoms with Gasteiger partial charge in [0, 0.05) is 12.6 Å².